The maximum atomic E-state index is 5.79. The van der Waals surface area contributed by atoms with Crippen molar-refractivity contribution in [2.24, 2.45) is 5.84 Å². The van der Waals surface area contributed by atoms with Crippen LogP contribution in [-0.2, 0) is 0 Å². The van der Waals surface area contributed by atoms with Crippen LogP contribution in [0.15, 0.2) is 35.7 Å². The van der Waals surface area contributed by atoms with Crippen LogP contribution in [0.5, 0.6) is 11.5 Å². The molecule has 0 aliphatic rings. The van der Waals surface area contributed by atoms with Gasteiger partial charge in [-0.3, -0.25) is 5.84 Å². The van der Waals surface area contributed by atoms with Gasteiger partial charge in [-0.15, -0.1) is 22.7 Å². The van der Waals surface area contributed by atoms with E-state index in [0.29, 0.717) is 0 Å². The molecule has 3 aromatic rings. The second-order valence-electron chi connectivity index (χ2n) is 4.54. The predicted octanol–water partition coefficient (Wildman–Crippen LogP) is 3.53. The first kappa shape index (κ1) is 14.3. The van der Waals surface area contributed by atoms with Gasteiger partial charge in [0.2, 0.25) is 0 Å². The summed E-state index contributed by atoms with van der Waals surface area (Å²) in [6.45, 7) is 0. The molecule has 0 saturated heterocycles. The SMILES string of the molecule is COc1cc(OC)cc(C(NN)c2cc3sccc3s2)c1. The summed E-state index contributed by atoms with van der Waals surface area (Å²) in [5, 5.41) is 2.10. The molecule has 2 aromatic heterocycles. The van der Waals surface area contributed by atoms with Gasteiger partial charge in [0.25, 0.3) is 0 Å². The Bertz CT molecular complexity index is 700. The van der Waals surface area contributed by atoms with Crippen LogP contribution in [0.1, 0.15) is 16.5 Å². The van der Waals surface area contributed by atoms with Crippen molar-refractivity contribution in [1.82, 2.24) is 5.43 Å². The third-order valence-electron chi connectivity index (χ3n) is 3.32. The zero-order chi connectivity index (χ0) is 14.8. The van der Waals surface area contributed by atoms with E-state index in [1.165, 1.54) is 14.3 Å². The number of methoxy groups -OCH3 is 2. The number of hydrogen-bond donors (Lipinski definition) is 2. The molecule has 0 saturated carbocycles. The van der Waals surface area contributed by atoms with Crippen molar-refractivity contribution in [2.45, 2.75) is 6.04 Å². The van der Waals surface area contributed by atoms with Crippen LogP contribution < -0.4 is 20.7 Å². The summed E-state index contributed by atoms with van der Waals surface area (Å²) >= 11 is 3.48. The highest BCUT2D eigenvalue weighted by Crippen LogP contribution is 2.37. The molecule has 0 radical (unpaired) electrons. The highest BCUT2D eigenvalue weighted by molar-refractivity contribution is 7.27. The van der Waals surface area contributed by atoms with E-state index in [0.717, 1.165) is 17.1 Å². The summed E-state index contributed by atoms with van der Waals surface area (Å²) in [5.74, 6) is 7.29. The molecule has 2 heterocycles. The smallest absolute Gasteiger partial charge is 0.122 e. The van der Waals surface area contributed by atoms with Crippen LogP contribution in [-0.4, -0.2) is 14.2 Å². The molecule has 21 heavy (non-hydrogen) atoms. The van der Waals surface area contributed by atoms with Crippen molar-refractivity contribution >= 4 is 32.1 Å². The molecule has 110 valence electrons. The summed E-state index contributed by atoms with van der Waals surface area (Å²) in [7, 11) is 3.29. The van der Waals surface area contributed by atoms with Crippen LogP contribution in [0.4, 0.5) is 0 Å². The first-order valence-electron chi connectivity index (χ1n) is 6.41. The van der Waals surface area contributed by atoms with Gasteiger partial charge in [0, 0.05) is 20.3 Å². The second kappa shape index (κ2) is 6.03. The molecule has 0 amide bonds. The lowest BCUT2D eigenvalue weighted by molar-refractivity contribution is 0.392. The molecular weight excluding hydrogens is 304 g/mol. The van der Waals surface area contributed by atoms with Crippen molar-refractivity contribution in [2.75, 3.05) is 14.2 Å². The summed E-state index contributed by atoms with van der Waals surface area (Å²) in [5.41, 5.74) is 3.91. The van der Waals surface area contributed by atoms with E-state index >= 15 is 0 Å². The molecule has 1 aromatic carbocycles. The fourth-order valence-electron chi connectivity index (χ4n) is 2.27. The number of nitrogens with one attached hydrogen (secondary N) is 1. The van der Waals surface area contributed by atoms with Crippen molar-refractivity contribution in [1.29, 1.82) is 0 Å². The maximum absolute atomic E-state index is 5.79. The normalized spacial score (nSPS) is 12.5. The number of hydrazine groups is 1. The maximum Gasteiger partial charge on any atom is 0.122 e. The number of nitrogens with two attached hydrogens (primary N) is 1. The van der Waals surface area contributed by atoms with Gasteiger partial charge in [0.15, 0.2) is 0 Å². The number of ether oxygens (including phenoxy) is 2. The second-order valence-corrected chi connectivity index (χ2v) is 6.61. The Morgan fingerprint density at radius 1 is 1.05 bits per heavy atom. The fraction of sp³-hybridized carbons (Fsp3) is 0.200. The van der Waals surface area contributed by atoms with E-state index in [9.17, 15) is 0 Å². The fourth-order valence-corrected chi connectivity index (χ4v) is 4.47. The van der Waals surface area contributed by atoms with Crippen molar-refractivity contribution < 1.29 is 9.47 Å². The number of benzene rings is 1. The number of hydrogen-bond acceptors (Lipinski definition) is 6. The Hall–Kier alpha value is -1.60. The molecule has 0 spiro atoms. The molecule has 0 aliphatic heterocycles. The van der Waals surface area contributed by atoms with E-state index in [1.807, 2.05) is 18.2 Å². The summed E-state index contributed by atoms with van der Waals surface area (Å²) < 4.78 is 13.2. The number of rotatable bonds is 5. The molecule has 6 heteroatoms. The largest absolute Gasteiger partial charge is 0.497 e. The van der Waals surface area contributed by atoms with Gasteiger partial charge >= 0.3 is 0 Å². The van der Waals surface area contributed by atoms with E-state index in [1.54, 1.807) is 36.9 Å². The van der Waals surface area contributed by atoms with Gasteiger partial charge < -0.3 is 9.47 Å². The molecule has 0 bridgehead atoms. The predicted molar refractivity (Wildman–Crippen MR) is 88.4 cm³/mol. The average molecular weight is 320 g/mol. The monoisotopic (exact) mass is 320 g/mol. The lowest BCUT2D eigenvalue weighted by atomic mass is 10.1. The molecule has 1 unspecified atom stereocenters. The highest BCUT2D eigenvalue weighted by Gasteiger charge is 2.18. The lowest BCUT2D eigenvalue weighted by Gasteiger charge is -2.17. The quantitative estimate of drug-likeness (QED) is 0.558. The van der Waals surface area contributed by atoms with Gasteiger partial charge in [-0.25, -0.2) is 5.43 Å². The Kier molecular flexibility index (Phi) is 4.12. The van der Waals surface area contributed by atoms with Gasteiger partial charge in [-0.05, 0) is 35.2 Å². The van der Waals surface area contributed by atoms with Crippen LogP contribution in [0.2, 0.25) is 0 Å². The van der Waals surface area contributed by atoms with Crippen LogP contribution in [0.3, 0.4) is 0 Å². The van der Waals surface area contributed by atoms with E-state index in [4.69, 9.17) is 15.3 Å². The van der Waals surface area contributed by atoms with Gasteiger partial charge in [0.1, 0.15) is 11.5 Å². The Balaban J connectivity index is 2.04. The van der Waals surface area contributed by atoms with Crippen molar-refractivity contribution in [3.63, 3.8) is 0 Å². The van der Waals surface area contributed by atoms with E-state index < -0.39 is 0 Å². The summed E-state index contributed by atoms with van der Waals surface area (Å²) in [4.78, 5) is 1.18. The van der Waals surface area contributed by atoms with E-state index in [-0.39, 0.29) is 6.04 Å². The summed E-state index contributed by atoms with van der Waals surface area (Å²) in [6.07, 6.45) is 0. The van der Waals surface area contributed by atoms with Crippen molar-refractivity contribution in [3.05, 3.63) is 46.2 Å². The molecular formula is C15H16N2O2S2. The minimum atomic E-state index is -0.0846. The molecule has 0 fully saturated rings. The molecule has 3 N–H and O–H groups in total. The van der Waals surface area contributed by atoms with Crippen LogP contribution in [0.25, 0.3) is 9.40 Å². The Morgan fingerprint density at radius 3 is 2.33 bits per heavy atom. The zero-order valence-corrected chi connectivity index (χ0v) is 13.4. The first-order valence-corrected chi connectivity index (χ1v) is 8.11. The molecule has 0 aliphatic carbocycles. The van der Waals surface area contributed by atoms with Crippen LogP contribution in [0, 0.1) is 0 Å². The first-order chi connectivity index (χ1) is 10.2. The lowest BCUT2D eigenvalue weighted by Crippen LogP contribution is -2.28. The molecule has 3 rings (SSSR count). The number of fused-ring (bicyclic) bond motifs is 1. The Morgan fingerprint density at radius 2 is 1.76 bits per heavy atom. The minimum Gasteiger partial charge on any atom is -0.497 e. The van der Waals surface area contributed by atoms with Crippen molar-refractivity contribution in [3.8, 4) is 11.5 Å². The number of thiophene rings is 2. The van der Waals surface area contributed by atoms with E-state index in [2.05, 4.69) is 22.9 Å². The summed E-state index contributed by atoms with van der Waals surface area (Å²) in [6, 6.07) is 10.0. The van der Waals surface area contributed by atoms with Gasteiger partial charge in [0.05, 0.1) is 20.3 Å². The topological polar surface area (TPSA) is 56.5 Å². The standard InChI is InChI=1S/C15H16N2O2S2/c1-18-10-5-9(6-11(7-10)19-2)15(17-16)14-8-13-12(21-14)3-4-20-13/h3-8,15,17H,16H2,1-2H3. The minimum absolute atomic E-state index is 0.0846. The highest BCUT2D eigenvalue weighted by atomic mass is 32.1. The Labute approximate surface area is 131 Å². The third kappa shape index (κ3) is 2.75. The van der Waals surface area contributed by atoms with Gasteiger partial charge in [-0.1, -0.05) is 0 Å². The third-order valence-corrected chi connectivity index (χ3v) is 5.47. The average Bonchev–Trinajstić information content (AvgIpc) is 3.09. The molecule has 1 atom stereocenters. The zero-order valence-electron chi connectivity index (χ0n) is 11.8. The van der Waals surface area contributed by atoms with Gasteiger partial charge in [-0.2, -0.15) is 0 Å². The molecule has 4 nitrogen and oxygen atoms in total. The van der Waals surface area contributed by atoms with Crippen LogP contribution >= 0.6 is 22.7 Å².